The molecule has 2 rings (SSSR count). The average Bonchev–Trinajstić information content (AvgIpc) is 2.68. The van der Waals surface area contributed by atoms with Crippen LogP contribution >= 0.6 is 0 Å². The minimum absolute atomic E-state index is 0.273. The van der Waals surface area contributed by atoms with Gasteiger partial charge in [0.2, 0.25) is 0 Å². The summed E-state index contributed by atoms with van der Waals surface area (Å²) in [4.78, 5) is 4.01. The van der Waals surface area contributed by atoms with Crippen molar-refractivity contribution >= 4 is 0 Å². The van der Waals surface area contributed by atoms with E-state index in [1.165, 1.54) is 5.56 Å². The molecule has 0 radical (unpaired) electrons. The molecule has 0 aliphatic rings. The zero-order chi connectivity index (χ0) is 12.3. The van der Waals surface area contributed by atoms with Crippen LogP contribution in [0.15, 0.2) is 24.5 Å². The van der Waals surface area contributed by atoms with Gasteiger partial charge in [-0.2, -0.15) is 0 Å². The number of pyridine rings is 1. The Labute approximate surface area is 101 Å². The van der Waals surface area contributed by atoms with E-state index < -0.39 is 0 Å². The van der Waals surface area contributed by atoms with Gasteiger partial charge in [-0.05, 0) is 31.5 Å². The molecule has 0 aromatic carbocycles. The van der Waals surface area contributed by atoms with Gasteiger partial charge in [-0.15, -0.1) is 10.2 Å². The number of rotatable bonds is 4. The van der Waals surface area contributed by atoms with Crippen molar-refractivity contribution in [3.63, 3.8) is 0 Å². The number of hydrogen-bond donors (Lipinski definition) is 1. The second-order valence-corrected chi connectivity index (χ2v) is 4.11. The van der Waals surface area contributed by atoms with Crippen LogP contribution in [0.3, 0.4) is 0 Å². The Morgan fingerprint density at radius 1 is 1.29 bits per heavy atom. The zero-order valence-electron chi connectivity index (χ0n) is 10.4. The van der Waals surface area contributed by atoms with Crippen molar-refractivity contribution in [2.45, 2.75) is 26.4 Å². The molecule has 0 aliphatic carbocycles. The third-order valence-electron chi connectivity index (χ3n) is 2.96. The zero-order valence-corrected chi connectivity index (χ0v) is 10.4. The molecule has 90 valence electrons. The predicted octanol–water partition coefficient (Wildman–Crippen LogP) is 1.37. The molecule has 2 aromatic heterocycles. The smallest absolute Gasteiger partial charge is 0.146 e. The number of aryl methyl sites for hydroxylation is 1. The molecule has 0 saturated carbocycles. The van der Waals surface area contributed by atoms with Crippen molar-refractivity contribution in [3.05, 3.63) is 41.7 Å². The summed E-state index contributed by atoms with van der Waals surface area (Å²) >= 11 is 0. The molecular weight excluding hydrogens is 214 g/mol. The van der Waals surface area contributed by atoms with Gasteiger partial charge in [-0.3, -0.25) is 4.98 Å². The van der Waals surface area contributed by atoms with Gasteiger partial charge in [0.05, 0.1) is 6.54 Å². The number of nitrogens with zero attached hydrogens (tertiary/aromatic N) is 4. The molecule has 5 heteroatoms. The van der Waals surface area contributed by atoms with Gasteiger partial charge >= 0.3 is 0 Å². The van der Waals surface area contributed by atoms with E-state index in [1.807, 2.05) is 30.7 Å². The first kappa shape index (κ1) is 11.7. The Bertz CT molecular complexity index is 477. The van der Waals surface area contributed by atoms with E-state index in [0.717, 1.165) is 11.6 Å². The largest absolute Gasteiger partial charge is 0.317 e. The average molecular weight is 231 g/mol. The lowest BCUT2D eigenvalue weighted by atomic mass is 10.1. The maximum atomic E-state index is 4.12. The van der Waals surface area contributed by atoms with Crippen LogP contribution in [-0.4, -0.2) is 19.7 Å². The summed E-state index contributed by atoms with van der Waals surface area (Å²) in [6.45, 7) is 4.78. The highest BCUT2D eigenvalue weighted by Gasteiger charge is 2.08. The minimum Gasteiger partial charge on any atom is -0.317 e. The van der Waals surface area contributed by atoms with Crippen molar-refractivity contribution in [1.29, 1.82) is 0 Å². The second kappa shape index (κ2) is 5.05. The summed E-state index contributed by atoms with van der Waals surface area (Å²) in [6.07, 6.45) is 3.61. The van der Waals surface area contributed by atoms with Crippen molar-refractivity contribution in [1.82, 2.24) is 25.1 Å². The fraction of sp³-hybridized carbons (Fsp3) is 0.417. The molecule has 0 saturated heterocycles. The normalized spacial score (nSPS) is 12.6. The summed E-state index contributed by atoms with van der Waals surface area (Å²) < 4.78 is 1.99. The molecule has 1 N–H and O–H groups in total. The van der Waals surface area contributed by atoms with E-state index in [1.54, 1.807) is 12.4 Å². The number of hydrogen-bond acceptors (Lipinski definition) is 4. The van der Waals surface area contributed by atoms with Crippen LogP contribution in [0.4, 0.5) is 0 Å². The third-order valence-corrected chi connectivity index (χ3v) is 2.96. The highest BCUT2D eigenvalue weighted by molar-refractivity contribution is 5.14. The molecule has 0 unspecified atom stereocenters. The first-order chi connectivity index (χ1) is 8.18. The molecule has 5 nitrogen and oxygen atoms in total. The SMILES string of the molecule is Cc1nnc(CN[C@@H](C)c2ccncc2)n1C. The molecule has 0 aliphatic heterocycles. The molecule has 0 bridgehead atoms. The maximum absolute atomic E-state index is 4.12. The Morgan fingerprint density at radius 2 is 2.00 bits per heavy atom. The van der Waals surface area contributed by atoms with E-state index in [-0.39, 0.29) is 6.04 Å². The summed E-state index contributed by atoms with van der Waals surface area (Å²) in [7, 11) is 1.98. The molecule has 0 fully saturated rings. The van der Waals surface area contributed by atoms with Crippen molar-refractivity contribution in [3.8, 4) is 0 Å². The van der Waals surface area contributed by atoms with Gasteiger partial charge in [-0.1, -0.05) is 0 Å². The van der Waals surface area contributed by atoms with Crippen LogP contribution in [0.1, 0.15) is 30.2 Å². The lowest BCUT2D eigenvalue weighted by Gasteiger charge is -2.13. The lowest BCUT2D eigenvalue weighted by molar-refractivity contribution is 0.547. The molecular formula is C12H17N5. The monoisotopic (exact) mass is 231 g/mol. The molecule has 2 aromatic rings. The predicted molar refractivity (Wildman–Crippen MR) is 65.2 cm³/mol. The molecule has 1 atom stereocenters. The van der Waals surface area contributed by atoms with Gasteiger partial charge in [-0.25, -0.2) is 0 Å². The highest BCUT2D eigenvalue weighted by Crippen LogP contribution is 2.10. The summed E-state index contributed by atoms with van der Waals surface area (Å²) in [6, 6.07) is 4.30. The van der Waals surface area contributed by atoms with Crippen LogP contribution in [0, 0.1) is 6.92 Å². The van der Waals surface area contributed by atoms with E-state index in [0.29, 0.717) is 6.54 Å². The quantitative estimate of drug-likeness (QED) is 0.863. The van der Waals surface area contributed by atoms with Gasteiger partial charge in [0.1, 0.15) is 11.6 Å². The molecule has 17 heavy (non-hydrogen) atoms. The maximum Gasteiger partial charge on any atom is 0.146 e. The molecule has 0 amide bonds. The third kappa shape index (κ3) is 2.68. The lowest BCUT2D eigenvalue weighted by Crippen LogP contribution is -2.20. The highest BCUT2D eigenvalue weighted by atomic mass is 15.3. The first-order valence-electron chi connectivity index (χ1n) is 5.66. The van der Waals surface area contributed by atoms with Crippen molar-refractivity contribution in [2.75, 3.05) is 0 Å². The van der Waals surface area contributed by atoms with Crippen LogP contribution in [-0.2, 0) is 13.6 Å². The van der Waals surface area contributed by atoms with Crippen molar-refractivity contribution in [2.24, 2.45) is 7.05 Å². The summed E-state index contributed by atoms with van der Waals surface area (Å²) in [5.74, 6) is 1.88. The second-order valence-electron chi connectivity index (χ2n) is 4.11. The molecule has 0 spiro atoms. The number of nitrogens with one attached hydrogen (secondary N) is 1. The van der Waals surface area contributed by atoms with Crippen LogP contribution in [0.25, 0.3) is 0 Å². The Hall–Kier alpha value is -1.75. The molecule has 2 heterocycles. The van der Waals surface area contributed by atoms with E-state index in [2.05, 4.69) is 27.4 Å². The van der Waals surface area contributed by atoms with Gasteiger partial charge in [0.15, 0.2) is 0 Å². The standard InChI is InChI=1S/C12H17N5/c1-9(11-4-6-13-7-5-11)14-8-12-16-15-10(2)17(12)3/h4-7,9,14H,8H2,1-3H3/t9-/m0/s1. The van der Waals surface area contributed by atoms with Crippen LogP contribution in [0.5, 0.6) is 0 Å². The van der Waals surface area contributed by atoms with E-state index in [9.17, 15) is 0 Å². The van der Waals surface area contributed by atoms with Crippen LogP contribution in [0.2, 0.25) is 0 Å². The fourth-order valence-corrected chi connectivity index (χ4v) is 1.62. The van der Waals surface area contributed by atoms with Gasteiger partial charge in [0, 0.05) is 25.5 Å². The Balaban J connectivity index is 1.97. The van der Waals surface area contributed by atoms with Crippen LogP contribution < -0.4 is 5.32 Å². The van der Waals surface area contributed by atoms with Crippen molar-refractivity contribution < 1.29 is 0 Å². The van der Waals surface area contributed by atoms with E-state index in [4.69, 9.17) is 0 Å². The topological polar surface area (TPSA) is 55.6 Å². The summed E-state index contributed by atoms with van der Waals surface area (Å²) in [5, 5.41) is 11.6. The van der Waals surface area contributed by atoms with Gasteiger partial charge < -0.3 is 9.88 Å². The minimum atomic E-state index is 0.273. The summed E-state index contributed by atoms with van der Waals surface area (Å²) in [5.41, 5.74) is 1.22. The number of aromatic nitrogens is 4. The van der Waals surface area contributed by atoms with E-state index >= 15 is 0 Å². The Morgan fingerprint density at radius 3 is 2.59 bits per heavy atom. The fourth-order valence-electron chi connectivity index (χ4n) is 1.62. The Kier molecular flexibility index (Phi) is 3.49. The first-order valence-corrected chi connectivity index (χ1v) is 5.66. The van der Waals surface area contributed by atoms with Gasteiger partial charge in [0.25, 0.3) is 0 Å².